The molecule has 8 heteroatoms. The minimum Gasteiger partial charge on any atom is -0.497 e. The molecule has 2 unspecified atom stereocenters. The first-order chi connectivity index (χ1) is 12.8. The molecule has 0 aliphatic carbocycles. The fraction of sp³-hybridized carbons (Fsp3) is 0.632. The highest BCUT2D eigenvalue weighted by atomic mass is 32.2. The normalized spacial score (nSPS) is 27.4. The van der Waals surface area contributed by atoms with Crippen molar-refractivity contribution in [1.29, 1.82) is 0 Å². The molecule has 27 heavy (non-hydrogen) atoms. The molecule has 1 aromatic carbocycles. The smallest absolute Gasteiger partial charge is 0.234 e. The summed E-state index contributed by atoms with van der Waals surface area (Å²) < 4.78 is 34.3. The molecule has 0 spiro atoms. The van der Waals surface area contributed by atoms with Gasteiger partial charge in [0.25, 0.3) is 0 Å². The summed E-state index contributed by atoms with van der Waals surface area (Å²) in [7, 11) is 0.193. The third-order valence-electron chi connectivity index (χ3n) is 5.45. The Morgan fingerprint density at radius 2 is 2.11 bits per heavy atom. The topological polar surface area (TPSA) is 84.9 Å². The van der Waals surface area contributed by atoms with E-state index in [1.54, 1.807) is 14.2 Å². The summed E-state index contributed by atoms with van der Waals surface area (Å²) in [5, 5.41) is 2.95. The van der Waals surface area contributed by atoms with E-state index in [9.17, 15) is 13.2 Å². The highest BCUT2D eigenvalue weighted by molar-refractivity contribution is 7.91. The molecule has 2 heterocycles. The summed E-state index contributed by atoms with van der Waals surface area (Å²) in [6, 6.07) is 5.84. The molecule has 2 fully saturated rings. The predicted octanol–water partition coefficient (Wildman–Crippen LogP) is 1.53. The fourth-order valence-electron chi connectivity index (χ4n) is 4.13. The molecule has 7 nitrogen and oxygen atoms in total. The standard InChI is InChI=1S/C19H28N2O5S/c1-19(8-10-27(23,24)13-19)20-18(22)12-21-9-4-5-16(21)15-7-6-14(25-2)11-17(15)26-3/h6-7,11,16H,4-5,8-10,12-13H2,1-3H3,(H,20,22). The summed E-state index contributed by atoms with van der Waals surface area (Å²) in [5.74, 6) is 1.50. The number of carbonyl (C=O) groups is 1. The zero-order valence-corrected chi connectivity index (χ0v) is 17.0. The van der Waals surface area contributed by atoms with Crippen molar-refractivity contribution in [3.63, 3.8) is 0 Å². The van der Waals surface area contributed by atoms with Gasteiger partial charge in [0.15, 0.2) is 9.84 Å². The largest absolute Gasteiger partial charge is 0.497 e. The first kappa shape index (κ1) is 19.9. The molecule has 2 saturated heterocycles. The summed E-state index contributed by atoms with van der Waals surface area (Å²) in [6.07, 6.45) is 2.41. The number of methoxy groups -OCH3 is 2. The second-order valence-electron chi connectivity index (χ2n) is 7.69. The van der Waals surface area contributed by atoms with E-state index in [1.165, 1.54) is 0 Å². The Morgan fingerprint density at radius 1 is 1.33 bits per heavy atom. The first-order valence-corrected chi connectivity index (χ1v) is 11.0. The number of carbonyl (C=O) groups excluding carboxylic acids is 1. The lowest BCUT2D eigenvalue weighted by Gasteiger charge is -2.29. The van der Waals surface area contributed by atoms with Crippen LogP contribution in [0.3, 0.4) is 0 Å². The van der Waals surface area contributed by atoms with E-state index in [4.69, 9.17) is 9.47 Å². The first-order valence-electron chi connectivity index (χ1n) is 9.23. The third kappa shape index (κ3) is 4.55. The highest BCUT2D eigenvalue weighted by Gasteiger charge is 2.40. The number of benzene rings is 1. The molecular formula is C19H28N2O5S. The van der Waals surface area contributed by atoms with Crippen LogP contribution in [0.2, 0.25) is 0 Å². The van der Waals surface area contributed by atoms with E-state index in [0.29, 0.717) is 6.42 Å². The summed E-state index contributed by atoms with van der Waals surface area (Å²) in [4.78, 5) is 14.7. The number of sulfone groups is 1. The van der Waals surface area contributed by atoms with Crippen molar-refractivity contribution in [1.82, 2.24) is 10.2 Å². The molecule has 1 N–H and O–H groups in total. The van der Waals surface area contributed by atoms with Crippen molar-refractivity contribution >= 4 is 15.7 Å². The Kier molecular flexibility index (Phi) is 5.67. The lowest BCUT2D eigenvalue weighted by Crippen LogP contribution is -2.50. The van der Waals surface area contributed by atoms with E-state index in [0.717, 1.165) is 36.4 Å². The van der Waals surface area contributed by atoms with E-state index in [-0.39, 0.29) is 30.0 Å². The van der Waals surface area contributed by atoms with Crippen LogP contribution in [0.4, 0.5) is 0 Å². The maximum Gasteiger partial charge on any atom is 0.234 e. The maximum absolute atomic E-state index is 12.6. The number of ether oxygens (including phenoxy) is 2. The van der Waals surface area contributed by atoms with Crippen LogP contribution in [0.25, 0.3) is 0 Å². The quantitative estimate of drug-likeness (QED) is 0.785. The molecule has 3 rings (SSSR count). The van der Waals surface area contributed by atoms with Gasteiger partial charge >= 0.3 is 0 Å². The molecule has 1 amide bonds. The molecule has 0 radical (unpaired) electrons. The van der Waals surface area contributed by atoms with Crippen molar-refractivity contribution in [2.75, 3.05) is 38.8 Å². The van der Waals surface area contributed by atoms with Crippen molar-refractivity contribution < 1.29 is 22.7 Å². The summed E-state index contributed by atoms with van der Waals surface area (Å²) >= 11 is 0. The highest BCUT2D eigenvalue weighted by Crippen LogP contribution is 2.38. The van der Waals surface area contributed by atoms with Gasteiger partial charge in [0.1, 0.15) is 11.5 Å². The van der Waals surface area contributed by atoms with Gasteiger partial charge in [-0.15, -0.1) is 0 Å². The van der Waals surface area contributed by atoms with Gasteiger partial charge in [0.2, 0.25) is 5.91 Å². The second-order valence-corrected chi connectivity index (χ2v) is 9.87. The van der Waals surface area contributed by atoms with Crippen LogP contribution < -0.4 is 14.8 Å². The monoisotopic (exact) mass is 396 g/mol. The molecule has 150 valence electrons. The summed E-state index contributed by atoms with van der Waals surface area (Å²) in [5.41, 5.74) is 0.376. The van der Waals surface area contributed by atoms with Gasteiger partial charge in [-0.2, -0.15) is 0 Å². The van der Waals surface area contributed by atoms with Gasteiger partial charge in [-0.3, -0.25) is 9.69 Å². The van der Waals surface area contributed by atoms with Gasteiger partial charge in [-0.1, -0.05) is 6.07 Å². The minimum absolute atomic E-state index is 0.0153. The Balaban J connectivity index is 1.69. The average molecular weight is 397 g/mol. The number of nitrogens with zero attached hydrogens (tertiary/aromatic N) is 1. The van der Waals surface area contributed by atoms with Crippen LogP contribution in [0.5, 0.6) is 11.5 Å². The molecule has 2 atom stereocenters. The van der Waals surface area contributed by atoms with Crippen molar-refractivity contribution in [3.05, 3.63) is 23.8 Å². The van der Waals surface area contributed by atoms with Crippen LogP contribution in [-0.2, 0) is 14.6 Å². The van der Waals surface area contributed by atoms with Crippen LogP contribution in [0.15, 0.2) is 18.2 Å². The van der Waals surface area contributed by atoms with Crippen molar-refractivity contribution in [2.45, 2.75) is 37.8 Å². The SMILES string of the molecule is COc1ccc(C2CCCN2CC(=O)NC2(C)CCS(=O)(=O)C2)c(OC)c1. The summed E-state index contributed by atoms with van der Waals surface area (Å²) in [6.45, 7) is 2.88. The van der Waals surface area contributed by atoms with Gasteiger partial charge in [-0.05, 0) is 38.8 Å². The number of amides is 1. The zero-order valence-electron chi connectivity index (χ0n) is 16.2. The number of likely N-dealkylation sites (tertiary alicyclic amines) is 1. The zero-order chi connectivity index (χ0) is 19.7. The lowest BCUT2D eigenvalue weighted by atomic mass is 10.0. The Labute approximate surface area is 160 Å². The van der Waals surface area contributed by atoms with Gasteiger partial charge in [0, 0.05) is 17.7 Å². The van der Waals surface area contributed by atoms with Crippen LogP contribution in [-0.4, -0.2) is 63.6 Å². The van der Waals surface area contributed by atoms with Crippen molar-refractivity contribution in [3.8, 4) is 11.5 Å². The predicted molar refractivity (Wildman–Crippen MR) is 103 cm³/mol. The molecule has 1 aromatic rings. The third-order valence-corrected chi connectivity index (χ3v) is 7.36. The maximum atomic E-state index is 12.6. The fourth-order valence-corrected chi connectivity index (χ4v) is 6.22. The van der Waals surface area contributed by atoms with Crippen molar-refractivity contribution in [2.24, 2.45) is 0 Å². The Morgan fingerprint density at radius 3 is 2.74 bits per heavy atom. The lowest BCUT2D eigenvalue weighted by molar-refractivity contribution is -0.124. The molecule has 0 aromatic heterocycles. The van der Waals surface area contributed by atoms with E-state index in [1.807, 2.05) is 25.1 Å². The van der Waals surface area contributed by atoms with E-state index < -0.39 is 15.4 Å². The van der Waals surface area contributed by atoms with Crippen LogP contribution in [0, 0.1) is 0 Å². The van der Waals surface area contributed by atoms with Crippen LogP contribution in [0.1, 0.15) is 37.8 Å². The average Bonchev–Trinajstić information content (AvgIpc) is 3.17. The van der Waals surface area contributed by atoms with Crippen LogP contribution >= 0.6 is 0 Å². The van der Waals surface area contributed by atoms with Gasteiger partial charge in [0.05, 0.1) is 37.8 Å². The molecule has 2 aliphatic rings. The molecule has 0 bridgehead atoms. The number of hydrogen-bond acceptors (Lipinski definition) is 6. The number of hydrogen-bond donors (Lipinski definition) is 1. The van der Waals surface area contributed by atoms with Gasteiger partial charge in [-0.25, -0.2) is 8.42 Å². The Bertz CT molecular complexity index is 810. The van der Waals surface area contributed by atoms with Gasteiger partial charge < -0.3 is 14.8 Å². The van der Waals surface area contributed by atoms with E-state index in [2.05, 4.69) is 10.2 Å². The molecule has 2 aliphatic heterocycles. The molecule has 0 saturated carbocycles. The molecular weight excluding hydrogens is 368 g/mol. The minimum atomic E-state index is -3.05. The number of rotatable bonds is 6. The second kappa shape index (κ2) is 7.67. The van der Waals surface area contributed by atoms with E-state index >= 15 is 0 Å². The number of nitrogens with one attached hydrogen (secondary N) is 1. The Hall–Kier alpha value is -1.80.